The minimum atomic E-state index is -1.04. The SMILES string of the molecule is CCC(Cl)C(C)(C)[SiH]1CCCCO1. The molecular weight excluding hydrogens is 200 g/mol. The molecule has 78 valence electrons. The molecule has 0 bridgehead atoms. The van der Waals surface area contributed by atoms with Crippen LogP contribution in [0.2, 0.25) is 11.1 Å². The van der Waals surface area contributed by atoms with Gasteiger partial charge in [0, 0.05) is 12.0 Å². The Morgan fingerprint density at radius 1 is 1.46 bits per heavy atom. The van der Waals surface area contributed by atoms with Crippen LogP contribution in [0.1, 0.15) is 40.0 Å². The molecule has 2 unspecified atom stereocenters. The second-order valence-electron chi connectivity index (χ2n) is 4.55. The molecule has 13 heavy (non-hydrogen) atoms. The minimum absolute atomic E-state index is 0.261. The second kappa shape index (κ2) is 4.81. The lowest BCUT2D eigenvalue weighted by molar-refractivity contribution is 0.265. The van der Waals surface area contributed by atoms with Gasteiger partial charge < -0.3 is 4.43 Å². The Hall–Kier alpha value is 0.467. The van der Waals surface area contributed by atoms with Crippen LogP contribution in [0.3, 0.4) is 0 Å². The summed E-state index contributed by atoms with van der Waals surface area (Å²) in [6, 6.07) is 1.32. The molecule has 0 aromatic rings. The van der Waals surface area contributed by atoms with Gasteiger partial charge in [-0.05, 0) is 23.9 Å². The van der Waals surface area contributed by atoms with Crippen molar-refractivity contribution in [1.82, 2.24) is 0 Å². The Balaban J connectivity index is 2.55. The molecule has 0 aromatic heterocycles. The summed E-state index contributed by atoms with van der Waals surface area (Å²) in [6.45, 7) is 7.72. The Bertz CT molecular complexity index is 155. The van der Waals surface area contributed by atoms with E-state index in [0.29, 0.717) is 5.38 Å². The largest absolute Gasteiger partial charge is 0.419 e. The van der Waals surface area contributed by atoms with Crippen LogP contribution in [0, 0.1) is 0 Å². The molecule has 0 amide bonds. The molecule has 0 aliphatic carbocycles. The Morgan fingerprint density at radius 2 is 2.15 bits per heavy atom. The van der Waals surface area contributed by atoms with Crippen LogP contribution in [0.15, 0.2) is 0 Å². The van der Waals surface area contributed by atoms with Gasteiger partial charge >= 0.3 is 0 Å². The van der Waals surface area contributed by atoms with Crippen molar-refractivity contribution in [3.63, 3.8) is 0 Å². The number of hydrogen-bond acceptors (Lipinski definition) is 1. The summed E-state index contributed by atoms with van der Waals surface area (Å²) in [4.78, 5) is 0. The van der Waals surface area contributed by atoms with E-state index in [0.717, 1.165) is 13.0 Å². The molecule has 1 aliphatic rings. The lowest BCUT2D eigenvalue weighted by Crippen LogP contribution is -2.39. The first-order valence-corrected chi connectivity index (χ1v) is 7.65. The maximum Gasteiger partial charge on any atom is 0.183 e. The van der Waals surface area contributed by atoms with Gasteiger partial charge in [0.05, 0.1) is 0 Å². The summed E-state index contributed by atoms with van der Waals surface area (Å²) in [5.74, 6) is 0. The van der Waals surface area contributed by atoms with Crippen molar-refractivity contribution in [2.45, 2.75) is 56.5 Å². The fraction of sp³-hybridized carbons (Fsp3) is 1.00. The lowest BCUT2D eigenvalue weighted by Gasteiger charge is -2.38. The van der Waals surface area contributed by atoms with Crippen molar-refractivity contribution >= 4 is 20.6 Å². The van der Waals surface area contributed by atoms with Crippen molar-refractivity contribution in [2.75, 3.05) is 6.61 Å². The monoisotopic (exact) mass is 220 g/mol. The first-order valence-electron chi connectivity index (χ1n) is 5.34. The summed E-state index contributed by atoms with van der Waals surface area (Å²) >= 11 is 6.34. The summed E-state index contributed by atoms with van der Waals surface area (Å²) in [5, 5.41) is 0.554. The van der Waals surface area contributed by atoms with Crippen molar-refractivity contribution in [1.29, 1.82) is 0 Å². The van der Waals surface area contributed by atoms with Gasteiger partial charge in [-0.3, -0.25) is 0 Å². The third kappa shape index (κ3) is 2.71. The van der Waals surface area contributed by atoms with Gasteiger partial charge in [0.15, 0.2) is 9.04 Å². The van der Waals surface area contributed by atoms with Gasteiger partial charge in [-0.1, -0.05) is 27.2 Å². The summed E-state index contributed by atoms with van der Waals surface area (Å²) in [7, 11) is -1.04. The molecule has 0 N–H and O–H groups in total. The average molecular weight is 221 g/mol. The van der Waals surface area contributed by atoms with E-state index >= 15 is 0 Å². The van der Waals surface area contributed by atoms with Crippen molar-refractivity contribution in [2.24, 2.45) is 0 Å². The summed E-state index contributed by atoms with van der Waals surface area (Å²) < 4.78 is 5.92. The zero-order valence-electron chi connectivity index (χ0n) is 8.98. The van der Waals surface area contributed by atoms with Crippen LogP contribution in [0.5, 0.6) is 0 Å². The first kappa shape index (κ1) is 11.5. The molecule has 1 nitrogen and oxygen atoms in total. The topological polar surface area (TPSA) is 9.23 Å². The van der Waals surface area contributed by atoms with Gasteiger partial charge in [0.25, 0.3) is 0 Å². The molecule has 0 saturated carbocycles. The van der Waals surface area contributed by atoms with Crippen LogP contribution in [0.25, 0.3) is 0 Å². The van der Waals surface area contributed by atoms with E-state index in [9.17, 15) is 0 Å². The van der Waals surface area contributed by atoms with Crippen LogP contribution < -0.4 is 0 Å². The third-order valence-electron chi connectivity index (χ3n) is 3.18. The van der Waals surface area contributed by atoms with Crippen molar-refractivity contribution in [3.8, 4) is 0 Å². The highest BCUT2D eigenvalue weighted by Gasteiger charge is 2.38. The fourth-order valence-corrected chi connectivity index (χ4v) is 5.57. The van der Waals surface area contributed by atoms with Gasteiger partial charge in [-0.25, -0.2) is 0 Å². The van der Waals surface area contributed by atoms with Crippen LogP contribution in [-0.4, -0.2) is 21.0 Å². The molecule has 1 saturated heterocycles. The van der Waals surface area contributed by atoms with Gasteiger partial charge in [0.1, 0.15) is 0 Å². The molecule has 1 heterocycles. The zero-order chi connectivity index (χ0) is 9.90. The smallest absolute Gasteiger partial charge is 0.183 e. The van der Waals surface area contributed by atoms with Gasteiger partial charge in [0.2, 0.25) is 0 Å². The van der Waals surface area contributed by atoms with Crippen LogP contribution in [0.4, 0.5) is 0 Å². The molecule has 0 aromatic carbocycles. The molecule has 1 fully saturated rings. The Kier molecular flexibility index (Phi) is 4.27. The molecule has 3 heteroatoms. The van der Waals surface area contributed by atoms with E-state index in [1.165, 1.54) is 18.9 Å². The number of halogens is 1. The predicted octanol–water partition coefficient (Wildman–Crippen LogP) is 3.32. The zero-order valence-corrected chi connectivity index (χ0v) is 10.9. The summed E-state index contributed by atoms with van der Waals surface area (Å²) in [5.41, 5.74) is 0. The van der Waals surface area contributed by atoms with E-state index in [4.69, 9.17) is 16.0 Å². The van der Waals surface area contributed by atoms with Crippen molar-refractivity contribution in [3.05, 3.63) is 0 Å². The maximum atomic E-state index is 6.34. The van der Waals surface area contributed by atoms with Crippen molar-refractivity contribution < 1.29 is 4.43 Å². The Morgan fingerprint density at radius 3 is 2.62 bits per heavy atom. The predicted molar refractivity (Wildman–Crippen MR) is 61.1 cm³/mol. The van der Waals surface area contributed by atoms with Gasteiger partial charge in [-0.2, -0.15) is 0 Å². The average Bonchev–Trinajstić information content (AvgIpc) is 2.18. The minimum Gasteiger partial charge on any atom is -0.419 e. The highest BCUT2D eigenvalue weighted by atomic mass is 35.5. The lowest BCUT2D eigenvalue weighted by atomic mass is 10.1. The molecule has 2 atom stereocenters. The van der Waals surface area contributed by atoms with Gasteiger partial charge in [-0.15, -0.1) is 11.6 Å². The molecule has 0 spiro atoms. The third-order valence-corrected chi connectivity index (χ3v) is 7.89. The molecular formula is C10H21ClOSi. The van der Waals surface area contributed by atoms with Crippen LogP contribution in [-0.2, 0) is 4.43 Å². The Labute approximate surface area is 88.5 Å². The number of alkyl halides is 1. The van der Waals surface area contributed by atoms with E-state index in [1.54, 1.807) is 0 Å². The second-order valence-corrected chi connectivity index (χ2v) is 8.46. The molecule has 1 rings (SSSR count). The van der Waals surface area contributed by atoms with E-state index < -0.39 is 9.04 Å². The maximum absolute atomic E-state index is 6.34. The number of hydrogen-bond donors (Lipinski definition) is 0. The van der Waals surface area contributed by atoms with Crippen LogP contribution >= 0.6 is 11.6 Å². The fourth-order valence-electron chi connectivity index (χ4n) is 2.06. The van der Waals surface area contributed by atoms with E-state index in [2.05, 4.69) is 20.8 Å². The highest BCUT2D eigenvalue weighted by Crippen LogP contribution is 2.41. The van der Waals surface area contributed by atoms with E-state index in [-0.39, 0.29) is 5.04 Å². The standard InChI is InChI=1S/C10H21ClOSi/c1-4-9(11)10(2,3)13-8-6-5-7-12-13/h9,13H,4-8H2,1-3H3. The first-order chi connectivity index (χ1) is 6.09. The molecule has 1 aliphatic heterocycles. The molecule has 0 radical (unpaired) electrons. The highest BCUT2D eigenvalue weighted by molar-refractivity contribution is 6.57. The number of rotatable bonds is 3. The normalized spacial score (nSPS) is 27.2. The van der Waals surface area contributed by atoms with E-state index in [1.807, 2.05) is 0 Å². The quantitative estimate of drug-likeness (QED) is 0.524. The summed E-state index contributed by atoms with van der Waals surface area (Å²) in [6.07, 6.45) is 3.66.